The second kappa shape index (κ2) is 8.02. The van der Waals surface area contributed by atoms with E-state index in [0.29, 0.717) is 22.7 Å². The van der Waals surface area contributed by atoms with Crippen LogP contribution in [0.3, 0.4) is 0 Å². The highest BCUT2D eigenvalue weighted by atomic mass is 32.1. The van der Waals surface area contributed by atoms with E-state index in [1.165, 1.54) is 16.2 Å². The number of hydrogen-bond donors (Lipinski definition) is 3. The molecule has 0 aromatic carbocycles. The zero-order valence-electron chi connectivity index (χ0n) is 18.5. The molecule has 32 heavy (non-hydrogen) atoms. The van der Waals surface area contributed by atoms with Crippen molar-refractivity contribution in [3.05, 3.63) is 39.3 Å². The summed E-state index contributed by atoms with van der Waals surface area (Å²) in [6, 6.07) is 6.67. The van der Waals surface area contributed by atoms with Crippen LogP contribution >= 0.6 is 11.3 Å². The number of piperazine rings is 1. The van der Waals surface area contributed by atoms with Gasteiger partial charge in [0.25, 0.3) is 11.8 Å². The standard InChI is InChI=1S/C22H28N6O3S/c1-12-18(7-6-16(24-12)20(29)23-2)27-9-13-4-5-14(10-27)28(13)11-15-8-17-19(32-15)21(30)26(3)22(31)25-17/h6-8,13-14,22,25,31H,4-5,9-11H2,1-3H3,(H,23,29). The fourth-order valence-corrected chi connectivity index (χ4v) is 6.17. The van der Waals surface area contributed by atoms with Crippen molar-refractivity contribution in [2.24, 2.45) is 0 Å². The van der Waals surface area contributed by atoms with Gasteiger partial charge in [0.1, 0.15) is 10.6 Å². The van der Waals surface area contributed by atoms with Crippen LogP contribution in [0.2, 0.25) is 0 Å². The maximum Gasteiger partial charge on any atom is 0.269 e. The number of nitrogens with zero attached hydrogens (tertiary/aromatic N) is 4. The Labute approximate surface area is 191 Å². The number of pyridine rings is 1. The lowest BCUT2D eigenvalue weighted by Gasteiger charge is -2.42. The van der Waals surface area contributed by atoms with E-state index in [1.54, 1.807) is 20.2 Å². The Kier molecular flexibility index (Phi) is 5.31. The Morgan fingerprint density at radius 2 is 2.03 bits per heavy atom. The summed E-state index contributed by atoms with van der Waals surface area (Å²) in [5, 5.41) is 15.6. The summed E-state index contributed by atoms with van der Waals surface area (Å²) < 4.78 is 0. The fourth-order valence-electron chi connectivity index (χ4n) is 5.06. The molecule has 3 aliphatic heterocycles. The van der Waals surface area contributed by atoms with Crippen LogP contribution in [0, 0.1) is 6.92 Å². The van der Waals surface area contributed by atoms with Crippen molar-refractivity contribution in [1.82, 2.24) is 20.1 Å². The first-order valence-electron chi connectivity index (χ1n) is 10.9. The van der Waals surface area contributed by atoms with E-state index in [9.17, 15) is 14.7 Å². The highest BCUT2D eigenvalue weighted by Crippen LogP contribution is 2.38. The monoisotopic (exact) mass is 456 g/mol. The van der Waals surface area contributed by atoms with E-state index < -0.39 is 6.35 Å². The Balaban J connectivity index is 1.31. The molecule has 0 aliphatic carbocycles. The number of amides is 2. The summed E-state index contributed by atoms with van der Waals surface area (Å²) >= 11 is 1.51. The van der Waals surface area contributed by atoms with Gasteiger partial charge in [0.15, 0.2) is 0 Å². The van der Waals surface area contributed by atoms with Gasteiger partial charge < -0.3 is 20.6 Å². The van der Waals surface area contributed by atoms with Crippen LogP contribution in [-0.2, 0) is 6.54 Å². The molecule has 2 fully saturated rings. The highest BCUT2D eigenvalue weighted by Gasteiger charge is 2.41. The Morgan fingerprint density at radius 1 is 1.31 bits per heavy atom. The van der Waals surface area contributed by atoms with Gasteiger partial charge in [-0.2, -0.15) is 0 Å². The molecule has 2 saturated heterocycles. The quantitative estimate of drug-likeness (QED) is 0.640. The smallest absolute Gasteiger partial charge is 0.269 e. The average molecular weight is 457 g/mol. The first-order valence-corrected chi connectivity index (χ1v) is 11.7. The lowest BCUT2D eigenvalue weighted by atomic mass is 10.1. The number of thiophene rings is 1. The van der Waals surface area contributed by atoms with E-state index >= 15 is 0 Å². The Morgan fingerprint density at radius 3 is 2.69 bits per heavy atom. The minimum Gasteiger partial charge on any atom is -0.367 e. The van der Waals surface area contributed by atoms with Crippen molar-refractivity contribution in [2.75, 3.05) is 37.4 Å². The summed E-state index contributed by atoms with van der Waals surface area (Å²) in [5.74, 6) is -0.312. The number of nitrogens with one attached hydrogen (secondary N) is 2. The summed E-state index contributed by atoms with van der Waals surface area (Å²) in [7, 11) is 3.21. The van der Waals surface area contributed by atoms with E-state index in [2.05, 4.69) is 25.4 Å². The molecule has 5 rings (SSSR count). The topological polar surface area (TPSA) is 101 Å². The molecule has 2 aromatic rings. The van der Waals surface area contributed by atoms with E-state index in [0.717, 1.165) is 54.4 Å². The van der Waals surface area contributed by atoms with Crippen molar-refractivity contribution in [3.63, 3.8) is 0 Å². The van der Waals surface area contributed by atoms with Gasteiger partial charge in [-0.25, -0.2) is 4.98 Å². The third-order valence-electron chi connectivity index (χ3n) is 6.78. The van der Waals surface area contributed by atoms with Gasteiger partial charge in [-0.1, -0.05) is 0 Å². The molecule has 0 spiro atoms. The van der Waals surface area contributed by atoms with Gasteiger partial charge >= 0.3 is 0 Å². The summed E-state index contributed by atoms with van der Waals surface area (Å²) in [4.78, 5) is 36.9. The second-order valence-corrected chi connectivity index (χ2v) is 9.87. The number of anilines is 2. The molecule has 9 nitrogen and oxygen atoms in total. The first-order chi connectivity index (χ1) is 15.4. The average Bonchev–Trinajstić information content (AvgIpc) is 3.27. The van der Waals surface area contributed by atoms with Crippen molar-refractivity contribution in [1.29, 1.82) is 0 Å². The van der Waals surface area contributed by atoms with E-state index in [-0.39, 0.29) is 11.8 Å². The maximum atomic E-state index is 12.5. The van der Waals surface area contributed by atoms with E-state index in [4.69, 9.17) is 0 Å². The molecule has 3 unspecified atom stereocenters. The molecule has 3 aliphatic rings. The normalized spacial score (nSPS) is 25.0. The van der Waals surface area contributed by atoms with Crippen LogP contribution in [-0.4, -0.2) is 77.3 Å². The zero-order chi connectivity index (χ0) is 22.6. The Bertz CT molecular complexity index is 1060. The molecule has 3 atom stereocenters. The number of carbonyl (C=O) groups excluding carboxylic acids is 2. The summed E-state index contributed by atoms with van der Waals surface area (Å²) in [6.07, 6.45) is 1.31. The van der Waals surface area contributed by atoms with E-state index in [1.807, 2.05) is 19.1 Å². The molecule has 2 bridgehead atoms. The van der Waals surface area contributed by atoms with Crippen LogP contribution in [0.5, 0.6) is 0 Å². The van der Waals surface area contributed by atoms with Crippen LogP contribution in [0.1, 0.15) is 43.6 Å². The number of rotatable bonds is 4. The summed E-state index contributed by atoms with van der Waals surface area (Å²) in [5.41, 5.74) is 3.13. The number of fused-ring (bicyclic) bond motifs is 3. The van der Waals surface area contributed by atoms with Gasteiger partial charge in [-0.15, -0.1) is 11.3 Å². The molecule has 0 saturated carbocycles. The third-order valence-corrected chi connectivity index (χ3v) is 7.89. The van der Waals surface area contributed by atoms with Gasteiger partial charge in [0.2, 0.25) is 6.35 Å². The predicted octanol–water partition coefficient (Wildman–Crippen LogP) is 1.44. The minimum absolute atomic E-state index is 0.140. The van der Waals surface area contributed by atoms with Gasteiger partial charge in [-0.05, 0) is 38.0 Å². The molecule has 0 radical (unpaired) electrons. The maximum absolute atomic E-state index is 12.5. The van der Waals surface area contributed by atoms with Gasteiger partial charge in [-0.3, -0.25) is 19.4 Å². The second-order valence-electron chi connectivity index (χ2n) is 8.73. The largest absolute Gasteiger partial charge is 0.367 e. The lowest BCUT2D eigenvalue weighted by molar-refractivity contribution is 0.0308. The number of hydrogen-bond acceptors (Lipinski definition) is 8. The minimum atomic E-state index is -0.983. The lowest BCUT2D eigenvalue weighted by Crippen LogP contribution is -2.53. The number of carbonyl (C=O) groups is 2. The number of aryl methyl sites for hydroxylation is 1. The molecule has 170 valence electrons. The summed E-state index contributed by atoms with van der Waals surface area (Å²) in [6.45, 7) is 4.61. The number of aromatic nitrogens is 1. The van der Waals surface area contributed by atoms with Gasteiger partial charge in [0.05, 0.1) is 17.1 Å². The molecular formula is C22H28N6O3S. The fraction of sp³-hybridized carbons (Fsp3) is 0.500. The predicted molar refractivity (Wildman–Crippen MR) is 123 cm³/mol. The molecule has 2 amide bonds. The molecule has 10 heteroatoms. The van der Waals surface area contributed by atoms with Crippen LogP contribution < -0.4 is 15.5 Å². The molecule has 3 N–H and O–H groups in total. The number of aliphatic hydroxyl groups is 1. The van der Waals surface area contributed by atoms with Crippen LogP contribution in [0.15, 0.2) is 18.2 Å². The van der Waals surface area contributed by atoms with Crippen LogP contribution in [0.4, 0.5) is 11.4 Å². The van der Waals surface area contributed by atoms with Crippen molar-refractivity contribution in [3.8, 4) is 0 Å². The van der Waals surface area contributed by atoms with Gasteiger partial charge in [0, 0.05) is 50.7 Å². The Hall–Kier alpha value is -2.69. The van der Waals surface area contributed by atoms with Crippen LogP contribution in [0.25, 0.3) is 0 Å². The van der Waals surface area contributed by atoms with Crippen molar-refractivity contribution < 1.29 is 14.7 Å². The molecule has 2 aromatic heterocycles. The van der Waals surface area contributed by atoms with Crippen molar-refractivity contribution in [2.45, 2.75) is 44.7 Å². The number of aliphatic hydroxyl groups excluding tert-OH is 1. The SMILES string of the molecule is CNC(=O)c1ccc(N2CC3CCC(C2)N3Cc2cc3c(s2)C(=O)N(C)C(O)N3)c(C)n1. The van der Waals surface area contributed by atoms with Crippen molar-refractivity contribution >= 4 is 34.5 Å². The third kappa shape index (κ3) is 3.52. The zero-order valence-corrected chi connectivity index (χ0v) is 19.3. The molecular weight excluding hydrogens is 428 g/mol. The first kappa shape index (κ1) is 21.2. The highest BCUT2D eigenvalue weighted by molar-refractivity contribution is 7.14. The molecule has 5 heterocycles.